The first kappa shape index (κ1) is 16.6. The van der Waals surface area contributed by atoms with Crippen LogP contribution >= 0.6 is 0 Å². The van der Waals surface area contributed by atoms with E-state index in [1.165, 1.54) is 19.3 Å². The summed E-state index contributed by atoms with van der Waals surface area (Å²) in [4.78, 5) is 25.2. The van der Waals surface area contributed by atoms with Gasteiger partial charge in [0.25, 0.3) is 0 Å². The fourth-order valence-corrected chi connectivity index (χ4v) is 5.93. The lowest BCUT2D eigenvalue weighted by Crippen LogP contribution is -2.61. The molecule has 4 aliphatic carbocycles. The van der Waals surface area contributed by atoms with Crippen molar-refractivity contribution < 1.29 is 9.59 Å². The highest BCUT2D eigenvalue weighted by Crippen LogP contribution is 2.55. The van der Waals surface area contributed by atoms with Crippen molar-refractivity contribution >= 4 is 17.5 Å². The Kier molecular flexibility index (Phi) is 4.09. The molecule has 4 aliphatic rings. The van der Waals surface area contributed by atoms with Crippen LogP contribution in [0.2, 0.25) is 0 Å². The normalized spacial score (nSPS) is 32.5. The van der Waals surface area contributed by atoms with Gasteiger partial charge in [-0.1, -0.05) is 25.1 Å². The molecule has 0 aliphatic heterocycles. The molecule has 0 saturated heterocycles. The fraction of sp³-hybridized carbons (Fsp3) is 0.619. The van der Waals surface area contributed by atoms with Crippen molar-refractivity contribution in [3.63, 3.8) is 0 Å². The van der Waals surface area contributed by atoms with Crippen molar-refractivity contribution in [3.05, 3.63) is 29.3 Å². The number of benzene rings is 1. The lowest BCUT2D eigenvalue weighted by Gasteiger charge is -2.56. The molecule has 1 aromatic rings. The summed E-state index contributed by atoms with van der Waals surface area (Å²) in [6.07, 6.45) is 7.97. The van der Waals surface area contributed by atoms with Gasteiger partial charge in [0.15, 0.2) is 0 Å². The Bertz CT molecular complexity index is 675. The quantitative estimate of drug-likeness (QED) is 0.826. The van der Waals surface area contributed by atoms with Crippen LogP contribution in [0, 0.1) is 24.7 Å². The number of rotatable bonds is 3. The van der Waals surface area contributed by atoms with Gasteiger partial charge >= 0.3 is 11.8 Å². The second-order valence-electron chi connectivity index (χ2n) is 8.57. The number of carbonyl (C=O) groups excluding carboxylic acids is 2. The number of aryl methyl sites for hydroxylation is 2. The van der Waals surface area contributed by atoms with Crippen LogP contribution in [0.3, 0.4) is 0 Å². The van der Waals surface area contributed by atoms with Crippen LogP contribution in [0.5, 0.6) is 0 Å². The lowest BCUT2D eigenvalue weighted by molar-refractivity contribution is -0.139. The molecule has 4 heteroatoms. The van der Waals surface area contributed by atoms with Crippen LogP contribution in [0.15, 0.2) is 18.2 Å². The number of hydrogen-bond acceptors (Lipinski definition) is 2. The summed E-state index contributed by atoms with van der Waals surface area (Å²) in [5.41, 5.74) is 2.73. The number of anilines is 1. The SMILES string of the molecule is CCc1cccc(C)c1NC(=O)C(=O)NC12CC3CC(CC(C3)C1)C2. The number of carbonyl (C=O) groups is 2. The van der Waals surface area contributed by atoms with Gasteiger partial charge < -0.3 is 10.6 Å². The van der Waals surface area contributed by atoms with Crippen LogP contribution in [-0.2, 0) is 16.0 Å². The van der Waals surface area contributed by atoms with Gasteiger partial charge in [-0.05, 0) is 80.8 Å². The number of hydrogen-bond donors (Lipinski definition) is 2. The third-order valence-corrected chi connectivity index (χ3v) is 6.60. The zero-order chi connectivity index (χ0) is 17.6. The molecule has 5 rings (SSSR count). The van der Waals surface area contributed by atoms with E-state index in [1.807, 2.05) is 25.1 Å². The van der Waals surface area contributed by atoms with Gasteiger partial charge in [0, 0.05) is 11.2 Å². The molecule has 0 spiro atoms. The Labute approximate surface area is 149 Å². The van der Waals surface area contributed by atoms with Gasteiger partial charge in [-0.3, -0.25) is 9.59 Å². The molecular formula is C21H28N2O2. The Morgan fingerprint density at radius 1 is 1.04 bits per heavy atom. The van der Waals surface area contributed by atoms with E-state index in [0.29, 0.717) is 0 Å². The smallest absolute Gasteiger partial charge is 0.313 e. The Morgan fingerprint density at radius 3 is 2.20 bits per heavy atom. The van der Waals surface area contributed by atoms with E-state index < -0.39 is 11.8 Å². The molecule has 0 atom stereocenters. The molecule has 4 bridgehead atoms. The van der Waals surface area contributed by atoms with E-state index in [4.69, 9.17) is 0 Å². The fourth-order valence-electron chi connectivity index (χ4n) is 5.93. The molecule has 0 radical (unpaired) electrons. The molecule has 4 fully saturated rings. The maximum absolute atomic E-state index is 12.6. The second-order valence-corrected chi connectivity index (χ2v) is 8.57. The molecule has 4 nitrogen and oxygen atoms in total. The maximum Gasteiger partial charge on any atom is 0.313 e. The molecule has 2 N–H and O–H groups in total. The van der Waals surface area contributed by atoms with E-state index in [9.17, 15) is 9.59 Å². The van der Waals surface area contributed by atoms with Gasteiger partial charge in [-0.2, -0.15) is 0 Å². The molecule has 0 heterocycles. The molecule has 0 aromatic heterocycles. The van der Waals surface area contributed by atoms with Crippen LogP contribution in [0.4, 0.5) is 5.69 Å². The minimum absolute atomic E-state index is 0.123. The Hall–Kier alpha value is -1.84. The van der Waals surface area contributed by atoms with Gasteiger partial charge in [0.05, 0.1) is 0 Å². The predicted octanol–water partition coefficient (Wildman–Crippen LogP) is 3.58. The van der Waals surface area contributed by atoms with E-state index in [-0.39, 0.29) is 5.54 Å². The Morgan fingerprint density at radius 2 is 1.64 bits per heavy atom. The first-order valence-corrected chi connectivity index (χ1v) is 9.70. The highest BCUT2D eigenvalue weighted by atomic mass is 16.2. The van der Waals surface area contributed by atoms with Crippen LogP contribution < -0.4 is 10.6 Å². The highest BCUT2D eigenvalue weighted by Gasteiger charge is 2.51. The predicted molar refractivity (Wildman–Crippen MR) is 98.2 cm³/mol. The molecule has 0 unspecified atom stereocenters. The van der Waals surface area contributed by atoms with E-state index in [0.717, 1.165) is 60.3 Å². The standard InChI is InChI=1S/C21H28N2O2/c1-3-17-6-4-5-13(2)18(17)22-19(24)20(25)23-21-10-14-7-15(11-21)9-16(8-14)12-21/h4-6,14-16H,3,7-12H2,1-2H3,(H,22,24)(H,23,25). The maximum atomic E-state index is 12.6. The van der Waals surface area contributed by atoms with Crippen molar-refractivity contribution in [1.29, 1.82) is 0 Å². The molecule has 25 heavy (non-hydrogen) atoms. The minimum Gasteiger partial charge on any atom is -0.342 e. The zero-order valence-electron chi connectivity index (χ0n) is 15.2. The van der Waals surface area contributed by atoms with Crippen molar-refractivity contribution in [3.8, 4) is 0 Å². The summed E-state index contributed by atoms with van der Waals surface area (Å²) in [5.74, 6) is 1.25. The third kappa shape index (κ3) is 3.07. The third-order valence-electron chi connectivity index (χ3n) is 6.60. The number of para-hydroxylation sites is 1. The molecule has 134 valence electrons. The summed E-state index contributed by atoms with van der Waals surface area (Å²) in [5, 5.41) is 6.01. The van der Waals surface area contributed by atoms with E-state index >= 15 is 0 Å². The van der Waals surface area contributed by atoms with Crippen LogP contribution in [0.25, 0.3) is 0 Å². The van der Waals surface area contributed by atoms with Gasteiger partial charge in [-0.25, -0.2) is 0 Å². The topological polar surface area (TPSA) is 58.2 Å². The van der Waals surface area contributed by atoms with Gasteiger partial charge in [-0.15, -0.1) is 0 Å². The largest absolute Gasteiger partial charge is 0.342 e. The van der Waals surface area contributed by atoms with Crippen molar-refractivity contribution in [1.82, 2.24) is 5.32 Å². The number of amides is 2. The molecule has 2 amide bonds. The summed E-state index contributed by atoms with van der Waals surface area (Å²) in [6, 6.07) is 5.95. The van der Waals surface area contributed by atoms with E-state index in [2.05, 4.69) is 17.6 Å². The highest BCUT2D eigenvalue weighted by molar-refractivity contribution is 6.40. The first-order chi connectivity index (χ1) is 12.0. The first-order valence-electron chi connectivity index (χ1n) is 9.70. The second kappa shape index (κ2) is 6.15. The number of nitrogens with one attached hydrogen (secondary N) is 2. The Balaban J connectivity index is 1.46. The van der Waals surface area contributed by atoms with Crippen LogP contribution in [-0.4, -0.2) is 17.4 Å². The van der Waals surface area contributed by atoms with Crippen LogP contribution in [0.1, 0.15) is 56.6 Å². The molecule has 4 saturated carbocycles. The van der Waals surface area contributed by atoms with Crippen molar-refractivity contribution in [2.24, 2.45) is 17.8 Å². The van der Waals surface area contributed by atoms with E-state index in [1.54, 1.807) is 0 Å². The average molecular weight is 340 g/mol. The summed E-state index contributed by atoms with van der Waals surface area (Å²) in [6.45, 7) is 4.02. The van der Waals surface area contributed by atoms with Gasteiger partial charge in [0.2, 0.25) is 0 Å². The monoisotopic (exact) mass is 340 g/mol. The minimum atomic E-state index is -0.528. The zero-order valence-corrected chi connectivity index (χ0v) is 15.2. The summed E-state index contributed by atoms with van der Waals surface area (Å²) >= 11 is 0. The van der Waals surface area contributed by atoms with Crippen molar-refractivity contribution in [2.75, 3.05) is 5.32 Å². The van der Waals surface area contributed by atoms with Gasteiger partial charge in [0.1, 0.15) is 0 Å². The van der Waals surface area contributed by atoms with Crippen molar-refractivity contribution in [2.45, 2.75) is 64.3 Å². The molecular weight excluding hydrogens is 312 g/mol. The summed E-state index contributed by atoms with van der Waals surface area (Å²) in [7, 11) is 0. The lowest BCUT2D eigenvalue weighted by atomic mass is 9.53. The average Bonchev–Trinajstić information content (AvgIpc) is 2.54. The summed E-state index contributed by atoms with van der Waals surface area (Å²) < 4.78 is 0. The molecule has 1 aromatic carbocycles.